The Morgan fingerprint density at radius 3 is 2.84 bits per heavy atom. The number of carbonyl (C=O) groups is 1. The molecule has 0 bridgehead atoms. The van der Waals surface area contributed by atoms with Crippen LogP contribution >= 0.6 is 0 Å². The summed E-state index contributed by atoms with van der Waals surface area (Å²) in [6.07, 6.45) is 4.35. The number of nitrogens with zero attached hydrogens (tertiary/aromatic N) is 2. The van der Waals surface area contributed by atoms with Crippen molar-refractivity contribution in [3.63, 3.8) is 0 Å². The average Bonchev–Trinajstić information content (AvgIpc) is 3.38. The highest BCUT2D eigenvalue weighted by Gasteiger charge is 2.29. The number of aromatic nitrogens is 2. The standard InChI is InChI=1S/C19H22FN3O2/c20-15-5-7-16(8-6-15)25-12-13-2-1-9-23(11-13)19(24)18-10-17(21-22-18)14-3-4-14/h5-8,10,13-14H,1-4,9,11-12H2,(H,21,22). The van der Waals surface area contributed by atoms with E-state index in [-0.39, 0.29) is 17.6 Å². The number of piperidine rings is 1. The molecule has 1 atom stereocenters. The Labute approximate surface area is 146 Å². The average molecular weight is 343 g/mol. The quantitative estimate of drug-likeness (QED) is 0.906. The molecule has 1 amide bonds. The third kappa shape index (κ3) is 3.83. The summed E-state index contributed by atoms with van der Waals surface area (Å²) in [5.74, 6) is 1.23. The highest BCUT2D eigenvalue weighted by molar-refractivity contribution is 5.92. The molecule has 25 heavy (non-hydrogen) atoms. The molecule has 2 fully saturated rings. The summed E-state index contributed by atoms with van der Waals surface area (Å²) in [6.45, 7) is 1.96. The van der Waals surface area contributed by atoms with Gasteiger partial charge in [-0.2, -0.15) is 5.10 Å². The summed E-state index contributed by atoms with van der Waals surface area (Å²) in [5.41, 5.74) is 1.60. The van der Waals surface area contributed by atoms with Crippen LogP contribution in [0.2, 0.25) is 0 Å². The van der Waals surface area contributed by atoms with Gasteiger partial charge in [-0.05, 0) is 56.0 Å². The van der Waals surface area contributed by atoms with E-state index >= 15 is 0 Å². The minimum atomic E-state index is -0.272. The van der Waals surface area contributed by atoms with Crippen molar-refractivity contribution in [3.8, 4) is 5.75 Å². The van der Waals surface area contributed by atoms with Crippen LogP contribution in [0.5, 0.6) is 5.75 Å². The van der Waals surface area contributed by atoms with Gasteiger partial charge in [0, 0.05) is 30.6 Å². The molecule has 2 heterocycles. The van der Waals surface area contributed by atoms with Crippen LogP contribution < -0.4 is 4.74 Å². The molecular weight excluding hydrogens is 321 g/mol. The first kappa shape index (κ1) is 16.1. The Morgan fingerprint density at radius 1 is 1.28 bits per heavy atom. The fourth-order valence-electron chi connectivity index (χ4n) is 3.34. The van der Waals surface area contributed by atoms with E-state index in [4.69, 9.17) is 4.74 Å². The molecule has 1 aromatic heterocycles. The number of ether oxygens (including phenoxy) is 1. The van der Waals surface area contributed by atoms with Crippen molar-refractivity contribution in [3.05, 3.63) is 47.5 Å². The lowest BCUT2D eigenvalue weighted by Crippen LogP contribution is -2.41. The van der Waals surface area contributed by atoms with E-state index < -0.39 is 0 Å². The summed E-state index contributed by atoms with van der Waals surface area (Å²) >= 11 is 0. The van der Waals surface area contributed by atoms with E-state index in [0.717, 1.165) is 25.1 Å². The van der Waals surface area contributed by atoms with Crippen molar-refractivity contribution < 1.29 is 13.9 Å². The number of likely N-dealkylation sites (tertiary alicyclic amines) is 1. The van der Waals surface area contributed by atoms with Gasteiger partial charge in [0.15, 0.2) is 0 Å². The smallest absolute Gasteiger partial charge is 0.274 e. The van der Waals surface area contributed by atoms with Gasteiger partial charge in [0.2, 0.25) is 0 Å². The number of nitrogens with one attached hydrogen (secondary N) is 1. The first-order chi connectivity index (χ1) is 12.2. The van der Waals surface area contributed by atoms with Gasteiger partial charge in [0.05, 0.1) is 6.61 Å². The molecule has 2 aromatic rings. The maximum Gasteiger partial charge on any atom is 0.274 e. The van der Waals surface area contributed by atoms with Gasteiger partial charge in [0.1, 0.15) is 17.3 Å². The zero-order valence-corrected chi connectivity index (χ0v) is 14.1. The molecule has 0 radical (unpaired) electrons. The molecule has 2 aliphatic rings. The Bertz CT molecular complexity index is 739. The van der Waals surface area contributed by atoms with Crippen molar-refractivity contribution in [1.29, 1.82) is 0 Å². The van der Waals surface area contributed by atoms with Crippen molar-refractivity contribution >= 4 is 5.91 Å². The lowest BCUT2D eigenvalue weighted by atomic mass is 9.98. The minimum absolute atomic E-state index is 0.00497. The van der Waals surface area contributed by atoms with Gasteiger partial charge in [-0.1, -0.05) is 0 Å². The molecule has 1 N–H and O–H groups in total. The molecule has 5 nitrogen and oxygen atoms in total. The topological polar surface area (TPSA) is 58.2 Å². The Balaban J connectivity index is 1.33. The summed E-state index contributed by atoms with van der Waals surface area (Å²) in [5, 5.41) is 7.19. The zero-order valence-electron chi connectivity index (χ0n) is 14.1. The van der Waals surface area contributed by atoms with Crippen LogP contribution in [-0.2, 0) is 0 Å². The van der Waals surface area contributed by atoms with E-state index in [1.165, 1.54) is 25.0 Å². The Kier molecular flexibility index (Phi) is 4.42. The number of rotatable bonds is 5. The van der Waals surface area contributed by atoms with E-state index in [1.54, 1.807) is 12.1 Å². The predicted molar refractivity (Wildman–Crippen MR) is 91.1 cm³/mol. The van der Waals surface area contributed by atoms with Crippen LogP contribution in [0.3, 0.4) is 0 Å². The second-order valence-electron chi connectivity index (χ2n) is 7.01. The zero-order chi connectivity index (χ0) is 17.2. The van der Waals surface area contributed by atoms with Gasteiger partial charge >= 0.3 is 0 Å². The summed E-state index contributed by atoms with van der Waals surface area (Å²) in [6, 6.07) is 7.94. The van der Waals surface area contributed by atoms with Crippen LogP contribution in [0.15, 0.2) is 30.3 Å². The monoisotopic (exact) mass is 343 g/mol. The van der Waals surface area contributed by atoms with Gasteiger partial charge in [-0.3, -0.25) is 9.89 Å². The molecule has 1 aliphatic carbocycles. The van der Waals surface area contributed by atoms with Crippen molar-refractivity contribution in [2.75, 3.05) is 19.7 Å². The second kappa shape index (κ2) is 6.86. The van der Waals surface area contributed by atoms with Gasteiger partial charge < -0.3 is 9.64 Å². The number of H-pyrrole nitrogens is 1. The molecule has 1 aromatic carbocycles. The lowest BCUT2D eigenvalue weighted by molar-refractivity contribution is 0.0627. The molecular formula is C19H22FN3O2. The van der Waals surface area contributed by atoms with E-state index in [0.29, 0.717) is 30.5 Å². The first-order valence-electron chi connectivity index (χ1n) is 8.92. The van der Waals surface area contributed by atoms with E-state index in [9.17, 15) is 9.18 Å². The van der Waals surface area contributed by atoms with Gasteiger partial charge in [-0.25, -0.2) is 4.39 Å². The molecule has 1 saturated heterocycles. The fourth-order valence-corrected chi connectivity index (χ4v) is 3.34. The van der Waals surface area contributed by atoms with Crippen LogP contribution in [0.1, 0.15) is 47.8 Å². The maximum atomic E-state index is 12.9. The lowest BCUT2D eigenvalue weighted by Gasteiger charge is -2.32. The molecule has 1 unspecified atom stereocenters. The van der Waals surface area contributed by atoms with E-state index in [1.807, 2.05) is 11.0 Å². The highest BCUT2D eigenvalue weighted by Crippen LogP contribution is 2.39. The molecule has 6 heteroatoms. The van der Waals surface area contributed by atoms with Crippen molar-refractivity contribution in [2.45, 2.75) is 31.6 Å². The SMILES string of the molecule is O=C(c1cc(C2CC2)[nH]n1)N1CCCC(COc2ccc(F)cc2)C1. The van der Waals surface area contributed by atoms with Crippen LogP contribution in [0, 0.1) is 11.7 Å². The molecule has 1 saturated carbocycles. The number of carbonyl (C=O) groups excluding carboxylic acids is 1. The Morgan fingerprint density at radius 2 is 2.08 bits per heavy atom. The third-order valence-electron chi connectivity index (χ3n) is 4.94. The molecule has 0 spiro atoms. The molecule has 4 rings (SSSR count). The molecule has 1 aliphatic heterocycles. The molecule has 132 valence electrons. The second-order valence-corrected chi connectivity index (χ2v) is 7.01. The van der Waals surface area contributed by atoms with Crippen molar-refractivity contribution in [1.82, 2.24) is 15.1 Å². The van der Waals surface area contributed by atoms with Crippen LogP contribution in [-0.4, -0.2) is 40.7 Å². The number of hydrogen-bond donors (Lipinski definition) is 1. The van der Waals surface area contributed by atoms with Crippen LogP contribution in [0.25, 0.3) is 0 Å². The number of aromatic amines is 1. The number of halogens is 1. The Hall–Kier alpha value is -2.37. The third-order valence-corrected chi connectivity index (χ3v) is 4.94. The normalized spacial score (nSPS) is 20.5. The van der Waals surface area contributed by atoms with Crippen molar-refractivity contribution in [2.24, 2.45) is 5.92 Å². The summed E-state index contributed by atoms with van der Waals surface area (Å²) in [7, 11) is 0. The minimum Gasteiger partial charge on any atom is -0.493 e. The van der Waals surface area contributed by atoms with Gasteiger partial charge in [0.25, 0.3) is 5.91 Å². The first-order valence-corrected chi connectivity index (χ1v) is 8.92. The number of benzene rings is 1. The highest BCUT2D eigenvalue weighted by atomic mass is 19.1. The van der Waals surface area contributed by atoms with Gasteiger partial charge in [-0.15, -0.1) is 0 Å². The summed E-state index contributed by atoms with van der Waals surface area (Å²) < 4.78 is 18.7. The summed E-state index contributed by atoms with van der Waals surface area (Å²) in [4.78, 5) is 14.5. The van der Waals surface area contributed by atoms with Crippen LogP contribution in [0.4, 0.5) is 4.39 Å². The predicted octanol–water partition coefficient (Wildman–Crippen LogP) is 3.36. The fraction of sp³-hybridized carbons (Fsp3) is 0.474. The number of hydrogen-bond acceptors (Lipinski definition) is 3. The van der Waals surface area contributed by atoms with E-state index in [2.05, 4.69) is 10.2 Å². The maximum absolute atomic E-state index is 12.9. The number of amides is 1. The largest absolute Gasteiger partial charge is 0.493 e.